The average Bonchev–Trinajstić information content (AvgIpc) is 1.15. The van der Waals surface area contributed by atoms with Crippen LogP contribution in [0, 0.1) is 10.8 Å². The fourth-order valence-corrected chi connectivity index (χ4v) is 16.0. The van der Waals surface area contributed by atoms with Crippen molar-refractivity contribution in [3.8, 4) is 23.0 Å². The molecule has 0 radical (unpaired) electrons. The molecule has 0 saturated carbocycles. The van der Waals surface area contributed by atoms with E-state index in [0.717, 1.165) is 26.2 Å². The summed E-state index contributed by atoms with van der Waals surface area (Å²) in [4.78, 5) is 79.2. The van der Waals surface area contributed by atoms with Crippen LogP contribution in [0.1, 0.15) is 108 Å². The van der Waals surface area contributed by atoms with E-state index in [1.54, 1.807) is 34.6 Å². The molecule has 0 bridgehead atoms. The SMILES string of the molecule is CC(C)(C)OC(=O)OCOc1ccc([S+]2c3ccccc3Oc3ccccc32)cc1.CC1(C)CC(Oc2ccc([S+]3c4ccccc4Sc4ccccc43)cc2)C(=O)O1.CCC(C)(C)C(=O)OCCC(=O)OC(C(F)(F)F)C(F)(F)S(=O)(=O)[O-].CCC(C)(C)C(=O)OCCC(=O)OC(C(F)(F)F)C(F)(F)S(=O)(=O)[O-]. The molecule has 0 amide bonds. The first kappa shape index (κ1) is 89.4. The van der Waals surface area contributed by atoms with Gasteiger partial charge in [0, 0.05) is 6.42 Å². The van der Waals surface area contributed by atoms with Crippen LogP contribution < -0.4 is 14.2 Å². The number of para-hydroxylation sites is 2. The molecule has 0 N–H and O–H groups in total. The highest BCUT2D eigenvalue weighted by atomic mass is 32.2. The lowest BCUT2D eigenvalue weighted by atomic mass is 9.91. The smallest absolute Gasteiger partial charge is 0.511 e. The number of rotatable bonds is 23. The number of halogens is 10. The molecule has 0 aliphatic carbocycles. The summed E-state index contributed by atoms with van der Waals surface area (Å²) >= 11 is 1.84. The van der Waals surface area contributed by atoms with Gasteiger partial charge in [-0.3, -0.25) is 19.2 Å². The molecule has 3 aliphatic heterocycles. The second-order valence-corrected chi connectivity index (χ2v) is 34.4. The predicted octanol–water partition coefficient (Wildman–Crippen LogP) is 15.8. The maximum Gasteiger partial charge on any atom is 0.511 e. The highest BCUT2D eigenvalue weighted by Crippen LogP contribution is 2.50. The van der Waals surface area contributed by atoms with Crippen LogP contribution in [-0.4, -0.2) is 134 Å². The van der Waals surface area contributed by atoms with E-state index in [4.69, 9.17) is 28.4 Å². The van der Waals surface area contributed by atoms with Crippen molar-refractivity contribution in [2.75, 3.05) is 20.0 Å². The van der Waals surface area contributed by atoms with Crippen LogP contribution in [0.4, 0.5) is 48.7 Å². The Hall–Kier alpha value is -8.49. The molecular formula is C72H76F10O22S5. The Labute approximate surface area is 631 Å². The molecule has 0 aromatic heterocycles. The number of ether oxygens (including phenoxy) is 10. The van der Waals surface area contributed by atoms with Gasteiger partial charge in [0.25, 0.3) is 12.2 Å². The van der Waals surface area contributed by atoms with Gasteiger partial charge in [-0.05, 0) is 172 Å². The van der Waals surface area contributed by atoms with Crippen LogP contribution in [-0.2, 0) is 99.2 Å². The molecule has 0 spiro atoms. The largest absolute Gasteiger partial charge is 0.743 e. The molecule has 3 unspecified atom stereocenters. The van der Waals surface area contributed by atoms with Crippen LogP contribution in [0.5, 0.6) is 23.0 Å². The fourth-order valence-electron chi connectivity index (χ4n) is 9.14. The minimum Gasteiger partial charge on any atom is -0.743 e. The summed E-state index contributed by atoms with van der Waals surface area (Å²) in [6.45, 7) is 16.7. The Balaban J connectivity index is 0.000000228. The van der Waals surface area contributed by atoms with E-state index in [0.29, 0.717) is 30.8 Å². The lowest BCUT2D eigenvalue weighted by molar-refractivity contribution is -0.259. The van der Waals surface area contributed by atoms with Crippen LogP contribution in [0.2, 0.25) is 0 Å². The van der Waals surface area contributed by atoms with Gasteiger partial charge in [-0.25, -0.2) is 26.4 Å². The summed E-state index contributed by atoms with van der Waals surface area (Å²) in [5.74, 6) is -2.64. The van der Waals surface area contributed by atoms with Crippen molar-refractivity contribution in [3.05, 3.63) is 146 Å². The predicted molar refractivity (Wildman–Crippen MR) is 370 cm³/mol. The Morgan fingerprint density at radius 3 is 1.27 bits per heavy atom. The highest BCUT2D eigenvalue weighted by molar-refractivity contribution is 8.04. The van der Waals surface area contributed by atoms with Crippen molar-refractivity contribution in [3.63, 3.8) is 0 Å². The topological polar surface area (TPSA) is 309 Å². The third-order valence-electron chi connectivity index (χ3n) is 15.5. The van der Waals surface area contributed by atoms with Gasteiger partial charge in [-0.2, -0.15) is 43.9 Å². The number of hydrogen-bond donors (Lipinski definition) is 0. The number of carbonyl (C=O) groups excluding carboxylic acids is 6. The van der Waals surface area contributed by atoms with E-state index in [-0.39, 0.29) is 34.6 Å². The minimum atomic E-state index is -6.75. The summed E-state index contributed by atoms with van der Waals surface area (Å²) in [5, 5.41) is -11.8. The Morgan fingerprint density at radius 1 is 0.541 bits per heavy atom. The van der Waals surface area contributed by atoms with Gasteiger partial charge in [-0.1, -0.05) is 74.1 Å². The van der Waals surface area contributed by atoms with Crippen LogP contribution in [0.15, 0.2) is 185 Å². The van der Waals surface area contributed by atoms with Gasteiger partial charge in [0.15, 0.2) is 57.4 Å². The van der Waals surface area contributed by atoms with E-state index in [2.05, 4.69) is 91.7 Å². The molecule has 6 aromatic carbocycles. The number of fused-ring (bicyclic) bond motifs is 4. The van der Waals surface area contributed by atoms with Crippen molar-refractivity contribution in [1.82, 2.24) is 0 Å². The maximum absolute atomic E-state index is 13.1. The Kier molecular flexibility index (Phi) is 29.6. The third kappa shape index (κ3) is 24.5. The third-order valence-corrected chi connectivity index (χ3v) is 23.3. The molecule has 1 saturated heterocycles. The zero-order valence-electron chi connectivity index (χ0n) is 60.0. The standard InChI is InChI=1S/C24H23O5S.C24H21O3S2.2C12H17F5O7S/c1-24(2,3)29-23(25)27-16-26-17-12-14-18(15-13-17)30-21-10-6-4-8-19(21)28-20-9-5-7-11-22(20)30;1-24(2)15-18(23(25)27-24)26-16-11-13-17(14-12-16)29-21-9-5-3-7-19(21)28-20-8-4-6-10-22(20)29;2*1-4-10(2,3)9(19)23-6-5-7(18)24-8(11(13,14)15)12(16,17)25(20,21)22/h4-15H,16H2,1-3H3;3-14,18H,15H2,1-2H3;2*8H,4-6H2,1-3H3,(H,20,21,22)/q2*+1;;/p-2. The molecule has 1 fully saturated rings. The molecule has 9 rings (SSSR count). The average molecular weight is 1640 g/mol. The molecule has 3 heterocycles. The zero-order valence-corrected chi connectivity index (χ0v) is 64.1. The molecule has 596 valence electrons. The van der Waals surface area contributed by atoms with Gasteiger partial charge in [0.05, 0.1) is 33.5 Å². The summed E-state index contributed by atoms with van der Waals surface area (Å²) in [5.41, 5.74) is -2.95. The molecule has 3 aliphatic rings. The van der Waals surface area contributed by atoms with Crippen molar-refractivity contribution < 1.29 is 146 Å². The van der Waals surface area contributed by atoms with Gasteiger partial charge in [0.1, 0.15) is 57.7 Å². The highest BCUT2D eigenvalue weighted by Gasteiger charge is 2.64. The second-order valence-electron chi connectivity index (χ2n) is 26.5. The monoisotopic (exact) mass is 1640 g/mol. The summed E-state index contributed by atoms with van der Waals surface area (Å²) in [6, 6.07) is 49.5. The van der Waals surface area contributed by atoms with E-state index in [1.807, 2.05) is 98.4 Å². The lowest BCUT2D eigenvalue weighted by Gasteiger charge is -2.29. The number of carbonyl (C=O) groups is 6. The van der Waals surface area contributed by atoms with Crippen LogP contribution >= 0.6 is 11.8 Å². The molecule has 109 heavy (non-hydrogen) atoms. The number of hydrogen-bond acceptors (Lipinski definition) is 23. The molecule has 3 atom stereocenters. The number of cyclic esters (lactones) is 1. The maximum atomic E-state index is 13.1. The fraction of sp³-hybridized carbons (Fsp3) is 0.417. The summed E-state index contributed by atoms with van der Waals surface area (Å²) < 4.78 is 238. The first-order chi connectivity index (χ1) is 50.3. The normalized spacial score (nSPS) is 15.6. The number of alkyl halides is 10. The molecule has 37 heteroatoms. The van der Waals surface area contributed by atoms with Gasteiger partial charge in [0.2, 0.25) is 16.6 Å². The first-order valence-electron chi connectivity index (χ1n) is 32.7. The number of esters is 5. The van der Waals surface area contributed by atoms with Gasteiger partial charge < -0.3 is 56.5 Å². The van der Waals surface area contributed by atoms with Crippen molar-refractivity contribution in [2.24, 2.45) is 10.8 Å². The quantitative estimate of drug-likeness (QED) is 0.0143. The van der Waals surface area contributed by atoms with Crippen LogP contribution in [0.3, 0.4) is 0 Å². The van der Waals surface area contributed by atoms with Crippen molar-refractivity contribution in [2.45, 2.75) is 200 Å². The van der Waals surface area contributed by atoms with Crippen molar-refractivity contribution in [1.29, 1.82) is 0 Å². The van der Waals surface area contributed by atoms with Gasteiger partial charge in [-0.15, -0.1) is 0 Å². The number of benzene rings is 6. The van der Waals surface area contributed by atoms with Gasteiger partial charge >= 0.3 is 58.9 Å². The molecular weight excluding hydrogens is 1570 g/mol. The van der Waals surface area contributed by atoms with E-state index >= 15 is 0 Å². The lowest BCUT2D eigenvalue weighted by Crippen LogP contribution is -2.52. The van der Waals surface area contributed by atoms with E-state index < -0.39 is 140 Å². The Morgan fingerprint density at radius 2 is 0.908 bits per heavy atom. The summed E-state index contributed by atoms with van der Waals surface area (Å²) in [7, 11) is -13.9. The minimum absolute atomic E-state index is 0.158. The van der Waals surface area contributed by atoms with E-state index in [9.17, 15) is 98.6 Å². The van der Waals surface area contributed by atoms with Crippen molar-refractivity contribution >= 4 is 89.8 Å². The molecule has 6 aromatic rings. The second kappa shape index (κ2) is 36.1. The summed E-state index contributed by atoms with van der Waals surface area (Å²) in [6.07, 6.45) is -23.1. The molecule has 22 nitrogen and oxygen atoms in total. The van der Waals surface area contributed by atoms with E-state index in [1.165, 1.54) is 52.2 Å². The zero-order chi connectivity index (χ0) is 81.7. The van der Waals surface area contributed by atoms with Crippen LogP contribution in [0.25, 0.3) is 0 Å². The Bertz CT molecular complexity index is 4220. The first-order valence-corrected chi connectivity index (χ1v) is 38.7.